The van der Waals surface area contributed by atoms with Gasteiger partial charge in [0.1, 0.15) is 0 Å². The molecule has 0 heterocycles. The highest BCUT2D eigenvalue weighted by Crippen LogP contribution is 2.21. The van der Waals surface area contributed by atoms with Crippen molar-refractivity contribution in [2.75, 3.05) is 14.1 Å². The maximum Gasteiger partial charge on any atom is 0.195 e. The molecule has 0 bridgehead atoms. The van der Waals surface area contributed by atoms with Gasteiger partial charge in [0.2, 0.25) is 0 Å². The van der Waals surface area contributed by atoms with Crippen LogP contribution >= 0.6 is 0 Å². The Morgan fingerprint density at radius 3 is 1.67 bits per heavy atom. The number of hydrogen-bond donors (Lipinski definition) is 0. The van der Waals surface area contributed by atoms with Crippen LogP contribution in [0.1, 0.15) is 27.0 Å². The number of carbonyl (C=O) groups is 1. The quantitative estimate of drug-likeness (QED) is 0.620. The lowest BCUT2D eigenvalue weighted by molar-refractivity contribution is 0.105. The third-order valence-electron chi connectivity index (χ3n) is 3.31. The van der Waals surface area contributed by atoms with Crippen LogP contribution in [0.5, 0.6) is 0 Å². The molecule has 0 fully saturated rings. The molecule has 2 rings (SSSR count). The lowest BCUT2D eigenvalue weighted by Gasteiger charge is -2.12. The number of ketones is 1. The zero-order valence-electron chi connectivity index (χ0n) is 13.1. The predicted octanol–water partition coefficient (Wildman–Crippen LogP) is 4.09. The number of rotatable bonds is 4. The molecule has 0 aliphatic heterocycles. The normalized spacial score (nSPS) is 11.3. The molecule has 2 aromatic carbocycles. The van der Waals surface area contributed by atoms with Crippen LogP contribution in [0, 0.1) is 13.8 Å². The van der Waals surface area contributed by atoms with Gasteiger partial charge in [-0.25, -0.2) is 0 Å². The number of nitrogens with zero attached hydrogens (tertiary/aromatic N) is 1. The molecule has 0 spiro atoms. The van der Waals surface area contributed by atoms with Crippen LogP contribution in [0.4, 0.5) is 0 Å². The van der Waals surface area contributed by atoms with Gasteiger partial charge in [-0.3, -0.25) is 4.79 Å². The van der Waals surface area contributed by atoms with Crippen LogP contribution in [-0.4, -0.2) is 24.8 Å². The summed E-state index contributed by atoms with van der Waals surface area (Å²) in [5, 5.41) is 0. The van der Waals surface area contributed by atoms with Crippen LogP contribution < -0.4 is 0 Å². The molecule has 2 aromatic rings. The van der Waals surface area contributed by atoms with Gasteiger partial charge < -0.3 is 4.90 Å². The lowest BCUT2D eigenvalue weighted by Crippen LogP contribution is -2.09. The summed E-state index contributed by atoms with van der Waals surface area (Å²) in [6, 6.07) is 15.8. The van der Waals surface area contributed by atoms with Crippen LogP contribution in [0.25, 0.3) is 5.57 Å². The van der Waals surface area contributed by atoms with Crippen molar-refractivity contribution < 1.29 is 4.79 Å². The molecule has 0 aliphatic rings. The number of allylic oxidation sites excluding steroid dienone is 1. The first-order chi connectivity index (χ1) is 9.97. The van der Waals surface area contributed by atoms with Gasteiger partial charge in [-0.05, 0) is 19.4 Å². The second-order valence-electron chi connectivity index (χ2n) is 5.57. The average molecular weight is 279 g/mol. The molecule has 0 aromatic heterocycles. The molecule has 2 heteroatoms. The van der Waals surface area contributed by atoms with E-state index in [1.54, 1.807) is 0 Å². The first-order valence-corrected chi connectivity index (χ1v) is 7.04. The largest absolute Gasteiger partial charge is 0.383 e. The Balaban J connectivity index is 2.43. The van der Waals surface area contributed by atoms with Crippen molar-refractivity contribution >= 4 is 11.4 Å². The Hall–Kier alpha value is -2.35. The van der Waals surface area contributed by atoms with Crippen molar-refractivity contribution in [2.24, 2.45) is 0 Å². The average Bonchev–Trinajstić information content (AvgIpc) is 2.46. The number of carbonyl (C=O) groups excluding carboxylic acids is 1. The fourth-order valence-corrected chi connectivity index (χ4v) is 2.12. The van der Waals surface area contributed by atoms with Gasteiger partial charge in [-0.15, -0.1) is 0 Å². The molecule has 0 saturated carbocycles. The lowest BCUT2D eigenvalue weighted by atomic mass is 9.96. The molecule has 0 radical (unpaired) electrons. The van der Waals surface area contributed by atoms with Gasteiger partial charge in [0.15, 0.2) is 5.78 Å². The smallest absolute Gasteiger partial charge is 0.195 e. The highest BCUT2D eigenvalue weighted by Gasteiger charge is 2.14. The Kier molecular flexibility index (Phi) is 4.59. The van der Waals surface area contributed by atoms with Gasteiger partial charge in [0.25, 0.3) is 0 Å². The summed E-state index contributed by atoms with van der Waals surface area (Å²) in [6.07, 6.45) is 1.88. The second kappa shape index (κ2) is 6.40. The van der Waals surface area contributed by atoms with Crippen LogP contribution in [-0.2, 0) is 0 Å². The Morgan fingerprint density at radius 1 is 0.810 bits per heavy atom. The summed E-state index contributed by atoms with van der Waals surface area (Å²) < 4.78 is 0. The van der Waals surface area contributed by atoms with Gasteiger partial charge in [0.05, 0.1) is 0 Å². The van der Waals surface area contributed by atoms with E-state index in [9.17, 15) is 4.79 Å². The Labute approximate surface area is 126 Å². The monoisotopic (exact) mass is 279 g/mol. The standard InChI is InChI=1S/C19H21NO/c1-14-5-9-16(10-6-14)18(13-20(3)4)19(21)17-11-7-15(2)8-12-17/h5-13H,1-4H3. The zero-order chi connectivity index (χ0) is 15.4. The minimum atomic E-state index is 0.0487. The van der Waals surface area contributed by atoms with Crippen molar-refractivity contribution in [1.29, 1.82) is 0 Å². The Morgan fingerprint density at radius 2 is 1.24 bits per heavy atom. The van der Waals surface area contributed by atoms with E-state index in [4.69, 9.17) is 0 Å². The molecule has 21 heavy (non-hydrogen) atoms. The molecule has 0 N–H and O–H groups in total. The first-order valence-electron chi connectivity index (χ1n) is 7.04. The van der Waals surface area contributed by atoms with E-state index in [2.05, 4.69) is 0 Å². The van der Waals surface area contributed by atoms with Crippen molar-refractivity contribution in [3.8, 4) is 0 Å². The molecule has 0 saturated heterocycles. The highest BCUT2D eigenvalue weighted by molar-refractivity contribution is 6.28. The molecule has 2 nitrogen and oxygen atoms in total. The summed E-state index contributed by atoms with van der Waals surface area (Å²) >= 11 is 0. The van der Waals surface area contributed by atoms with E-state index in [0.717, 1.165) is 11.1 Å². The summed E-state index contributed by atoms with van der Waals surface area (Å²) in [6.45, 7) is 4.06. The predicted molar refractivity (Wildman–Crippen MR) is 88.4 cm³/mol. The maximum absolute atomic E-state index is 12.8. The minimum absolute atomic E-state index is 0.0487. The SMILES string of the molecule is Cc1ccc(C(=O)C(=CN(C)C)c2ccc(C)cc2)cc1. The molecule has 108 valence electrons. The van der Waals surface area contributed by atoms with Gasteiger partial charge >= 0.3 is 0 Å². The fraction of sp³-hybridized carbons (Fsp3) is 0.211. The van der Waals surface area contributed by atoms with Crippen LogP contribution in [0.2, 0.25) is 0 Å². The molecule has 0 amide bonds. The van der Waals surface area contributed by atoms with E-state index in [1.807, 2.05) is 87.6 Å². The highest BCUT2D eigenvalue weighted by atomic mass is 16.1. The fourth-order valence-electron chi connectivity index (χ4n) is 2.12. The summed E-state index contributed by atoms with van der Waals surface area (Å²) in [4.78, 5) is 14.7. The van der Waals surface area contributed by atoms with Crippen molar-refractivity contribution in [2.45, 2.75) is 13.8 Å². The van der Waals surface area contributed by atoms with Gasteiger partial charge in [-0.2, -0.15) is 0 Å². The molecule has 0 atom stereocenters. The third-order valence-corrected chi connectivity index (χ3v) is 3.31. The minimum Gasteiger partial charge on any atom is -0.383 e. The van der Waals surface area contributed by atoms with E-state index >= 15 is 0 Å². The molecular formula is C19H21NO. The first kappa shape index (κ1) is 15.0. The summed E-state index contributed by atoms with van der Waals surface area (Å²) in [5.41, 5.74) is 4.71. The van der Waals surface area contributed by atoms with E-state index in [0.29, 0.717) is 11.1 Å². The maximum atomic E-state index is 12.8. The second-order valence-corrected chi connectivity index (χ2v) is 5.57. The van der Waals surface area contributed by atoms with Crippen molar-refractivity contribution in [1.82, 2.24) is 4.90 Å². The van der Waals surface area contributed by atoms with Crippen molar-refractivity contribution in [3.05, 3.63) is 77.0 Å². The van der Waals surface area contributed by atoms with E-state index in [1.165, 1.54) is 5.56 Å². The molecule has 0 aliphatic carbocycles. The van der Waals surface area contributed by atoms with E-state index in [-0.39, 0.29) is 5.78 Å². The van der Waals surface area contributed by atoms with Gasteiger partial charge in [0, 0.05) is 31.4 Å². The Bertz CT molecular complexity index is 649. The summed E-state index contributed by atoms with van der Waals surface area (Å²) in [5.74, 6) is 0.0487. The number of Topliss-reactive ketones (excluding diaryl/α,β-unsaturated/α-hetero) is 1. The topological polar surface area (TPSA) is 20.3 Å². The molecule has 0 unspecified atom stereocenters. The van der Waals surface area contributed by atoms with Crippen molar-refractivity contribution in [3.63, 3.8) is 0 Å². The number of aryl methyl sites for hydroxylation is 2. The number of benzene rings is 2. The molecular weight excluding hydrogens is 258 g/mol. The van der Waals surface area contributed by atoms with E-state index < -0.39 is 0 Å². The van der Waals surface area contributed by atoms with Crippen LogP contribution in [0.15, 0.2) is 54.7 Å². The van der Waals surface area contributed by atoms with Crippen LogP contribution in [0.3, 0.4) is 0 Å². The third kappa shape index (κ3) is 3.82. The van der Waals surface area contributed by atoms with Gasteiger partial charge in [-0.1, -0.05) is 59.7 Å². The number of hydrogen-bond acceptors (Lipinski definition) is 2. The zero-order valence-corrected chi connectivity index (χ0v) is 13.1. The summed E-state index contributed by atoms with van der Waals surface area (Å²) in [7, 11) is 3.85.